The van der Waals surface area contributed by atoms with Crippen LogP contribution in [0.1, 0.15) is 24.8 Å². The fraction of sp³-hybridized carbons (Fsp3) is 0.462. The predicted octanol–water partition coefficient (Wildman–Crippen LogP) is 1.76. The zero-order valence-electron chi connectivity index (χ0n) is 9.85. The Morgan fingerprint density at radius 1 is 1.59 bits per heavy atom. The van der Waals surface area contributed by atoms with Crippen LogP contribution in [-0.2, 0) is 4.79 Å². The van der Waals surface area contributed by atoms with E-state index in [-0.39, 0.29) is 17.9 Å². The van der Waals surface area contributed by atoms with Crippen molar-refractivity contribution in [1.82, 2.24) is 5.32 Å². The third kappa shape index (κ3) is 3.01. The molecule has 1 aliphatic rings. The Balaban J connectivity index is 1.93. The molecule has 0 aliphatic carbocycles. The molecule has 2 unspecified atom stereocenters. The molecule has 0 saturated heterocycles. The molecule has 2 atom stereocenters. The number of amides is 1. The summed E-state index contributed by atoms with van der Waals surface area (Å²) in [7, 11) is 0. The summed E-state index contributed by atoms with van der Waals surface area (Å²) >= 11 is 1.73. The Bertz CT molecular complexity index is 406. The molecule has 2 rings (SSSR count). The summed E-state index contributed by atoms with van der Waals surface area (Å²) < 4.78 is 0. The van der Waals surface area contributed by atoms with Gasteiger partial charge in [-0.25, -0.2) is 0 Å². The van der Waals surface area contributed by atoms with Crippen LogP contribution in [-0.4, -0.2) is 29.4 Å². The van der Waals surface area contributed by atoms with Crippen molar-refractivity contribution in [2.75, 3.05) is 12.3 Å². The maximum Gasteiger partial charge on any atom is 0.228 e. The van der Waals surface area contributed by atoms with Gasteiger partial charge in [0.2, 0.25) is 5.91 Å². The minimum absolute atomic E-state index is 0.0369. The van der Waals surface area contributed by atoms with Gasteiger partial charge >= 0.3 is 0 Å². The number of hydrogen-bond donors (Lipinski definition) is 2. The average Bonchev–Trinajstić information content (AvgIpc) is 2.72. The van der Waals surface area contributed by atoms with E-state index >= 15 is 0 Å². The van der Waals surface area contributed by atoms with Crippen LogP contribution < -0.4 is 5.32 Å². The Morgan fingerprint density at radius 2 is 2.35 bits per heavy atom. The van der Waals surface area contributed by atoms with Crippen LogP contribution in [0.4, 0.5) is 0 Å². The van der Waals surface area contributed by atoms with E-state index in [0.717, 1.165) is 11.3 Å². The number of hydrogen-bond acceptors (Lipinski definition) is 3. The van der Waals surface area contributed by atoms with E-state index in [1.54, 1.807) is 18.7 Å². The molecule has 0 saturated carbocycles. The predicted molar refractivity (Wildman–Crippen MR) is 69.2 cm³/mol. The van der Waals surface area contributed by atoms with Gasteiger partial charge in [-0.2, -0.15) is 0 Å². The van der Waals surface area contributed by atoms with Gasteiger partial charge < -0.3 is 10.4 Å². The lowest BCUT2D eigenvalue weighted by Gasteiger charge is -2.12. The summed E-state index contributed by atoms with van der Waals surface area (Å²) in [5.74, 6) is 0.855. The molecule has 0 radical (unpaired) electrons. The maximum atomic E-state index is 12.0. The highest BCUT2D eigenvalue weighted by atomic mass is 32.2. The SMILES string of the molecule is CC(O)CCNC(=O)C1CSc2ccccc21. The minimum Gasteiger partial charge on any atom is -0.393 e. The molecule has 17 heavy (non-hydrogen) atoms. The third-order valence-corrected chi connectivity index (χ3v) is 4.06. The Labute approximate surface area is 106 Å². The highest BCUT2D eigenvalue weighted by Crippen LogP contribution is 2.39. The van der Waals surface area contributed by atoms with Crippen molar-refractivity contribution in [3.8, 4) is 0 Å². The van der Waals surface area contributed by atoms with E-state index in [1.165, 1.54) is 4.90 Å². The summed E-state index contributed by atoms with van der Waals surface area (Å²) in [6.07, 6.45) is 0.244. The number of aliphatic hydroxyl groups excluding tert-OH is 1. The van der Waals surface area contributed by atoms with Crippen molar-refractivity contribution < 1.29 is 9.90 Å². The number of carbonyl (C=O) groups is 1. The lowest BCUT2D eigenvalue weighted by Crippen LogP contribution is -2.31. The maximum absolute atomic E-state index is 12.0. The second-order valence-electron chi connectivity index (χ2n) is 4.33. The number of rotatable bonds is 4. The molecule has 1 heterocycles. The van der Waals surface area contributed by atoms with Gasteiger partial charge in [-0.1, -0.05) is 18.2 Å². The van der Waals surface area contributed by atoms with Crippen molar-refractivity contribution in [1.29, 1.82) is 0 Å². The van der Waals surface area contributed by atoms with Crippen LogP contribution >= 0.6 is 11.8 Å². The molecule has 0 fully saturated rings. The van der Waals surface area contributed by atoms with Gasteiger partial charge in [-0.3, -0.25) is 4.79 Å². The van der Waals surface area contributed by atoms with Crippen LogP contribution in [0.15, 0.2) is 29.2 Å². The summed E-state index contributed by atoms with van der Waals surface area (Å²) in [6.45, 7) is 2.27. The molecule has 0 spiro atoms. The van der Waals surface area contributed by atoms with E-state index in [2.05, 4.69) is 11.4 Å². The number of benzene rings is 1. The lowest BCUT2D eigenvalue weighted by atomic mass is 10.0. The molecule has 0 aromatic heterocycles. The topological polar surface area (TPSA) is 49.3 Å². The summed E-state index contributed by atoms with van der Waals surface area (Å²) in [6, 6.07) is 8.05. The second kappa shape index (κ2) is 5.56. The number of fused-ring (bicyclic) bond motifs is 1. The molecule has 4 heteroatoms. The smallest absolute Gasteiger partial charge is 0.228 e. The zero-order valence-corrected chi connectivity index (χ0v) is 10.7. The molecular formula is C13H17NO2S. The minimum atomic E-state index is -0.361. The van der Waals surface area contributed by atoms with E-state index in [9.17, 15) is 4.79 Å². The average molecular weight is 251 g/mol. The Hall–Kier alpha value is -1.00. The van der Waals surface area contributed by atoms with Gasteiger partial charge in [0, 0.05) is 17.2 Å². The summed E-state index contributed by atoms with van der Waals surface area (Å²) in [5.41, 5.74) is 1.13. The molecule has 0 bridgehead atoms. The Morgan fingerprint density at radius 3 is 3.12 bits per heavy atom. The molecular weight excluding hydrogens is 234 g/mol. The first-order valence-electron chi connectivity index (χ1n) is 5.86. The fourth-order valence-electron chi connectivity index (χ4n) is 1.91. The Kier molecular flexibility index (Phi) is 4.07. The van der Waals surface area contributed by atoms with Crippen molar-refractivity contribution >= 4 is 17.7 Å². The van der Waals surface area contributed by atoms with Gasteiger partial charge in [0.25, 0.3) is 0 Å². The molecule has 2 N–H and O–H groups in total. The fourth-order valence-corrected chi connectivity index (χ4v) is 3.14. The molecule has 1 aliphatic heterocycles. The van der Waals surface area contributed by atoms with Gasteiger partial charge in [0.05, 0.1) is 12.0 Å². The van der Waals surface area contributed by atoms with E-state index in [0.29, 0.717) is 13.0 Å². The molecule has 1 amide bonds. The largest absolute Gasteiger partial charge is 0.393 e. The van der Waals surface area contributed by atoms with Crippen LogP contribution in [0.2, 0.25) is 0 Å². The molecule has 1 aromatic rings. The van der Waals surface area contributed by atoms with E-state index < -0.39 is 0 Å². The van der Waals surface area contributed by atoms with Gasteiger partial charge in [0.1, 0.15) is 0 Å². The highest BCUT2D eigenvalue weighted by Gasteiger charge is 2.28. The number of nitrogens with one attached hydrogen (secondary N) is 1. The standard InChI is InChI=1S/C13H17NO2S/c1-9(15)6-7-14-13(16)11-8-17-12-5-3-2-4-10(11)12/h2-5,9,11,15H,6-8H2,1H3,(H,14,16). The van der Waals surface area contributed by atoms with Crippen molar-refractivity contribution in [2.45, 2.75) is 30.3 Å². The van der Waals surface area contributed by atoms with Crippen molar-refractivity contribution in [2.24, 2.45) is 0 Å². The number of thioether (sulfide) groups is 1. The second-order valence-corrected chi connectivity index (χ2v) is 5.39. The lowest BCUT2D eigenvalue weighted by molar-refractivity contribution is -0.122. The monoisotopic (exact) mass is 251 g/mol. The highest BCUT2D eigenvalue weighted by molar-refractivity contribution is 7.99. The molecule has 3 nitrogen and oxygen atoms in total. The number of carbonyl (C=O) groups excluding carboxylic acids is 1. The first-order chi connectivity index (χ1) is 8.18. The van der Waals surface area contributed by atoms with Gasteiger partial charge in [-0.15, -0.1) is 11.8 Å². The first-order valence-corrected chi connectivity index (χ1v) is 6.84. The van der Waals surface area contributed by atoms with E-state index in [1.807, 2.05) is 18.2 Å². The first kappa shape index (κ1) is 12.5. The third-order valence-electron chi connectivity index (χ3n) is 2.88. The summed E-state index contributed by atoms with van der Waals surface area (Å²) in [4.78, 5) is 13.2. The van der Waals surface area contributed by atoms with Crippen LogP contribution in [0.3, 0.4) is 0 Å². The van der Waals surface area contributed by atoms with Crippen LogP contribution in [0.5, 0.6) is 0 Å². The van der Waals surface area contributed by atoms with Gasteiger partial charge in [0.15, 0.2) is 0 Å². The van der Waals surface area contributed by atoms with Crippen LogP contribution in [0, 0.1) is 0 Å². The molecule has 1 aromatic carbocycles. The molecule has 92 valence electrons. The zero-order chi connectivity index (χ0) is 12.3. The summed E-state index contributed by atoms with van der Waals surface area (Å²) in [5, 5.41) is 12.0. The normalized spacial score (nSPS) is 19.8. The van der Waals surface area contributed by atoms with Gasteiger partial charge in [-0.05, 0) is 25.0 Å². The van der Waals surface area contributed by atoms with Crippen molar-refractivity contribution in [3.05, 3.63) is 29.8 Å². The van der Waals surface area contributed by atoms with Crippen LogP contribution in [0.25, 0.3) is 0 Å². The quantitative estimate of drug-likeness (QED) is 0.857. The van der Waals surface area contributed by atoms with E-state index in [4.69, 9.17) is 5.11 Å². The van der Waals surface area contributed by atoms with Crippen molar-refractivity contribution in [3.63, 3.8) is 0 Å². The number of aliphatic hydroxyl groups is 1.